The Morgan fingerprint density at radius 1 is 0.481 bits per heavy atom. The average molecular weight is 354 g/mol. The average Bonchev–Trinajstić information content (AvgIpc) is 3.07. The van der Waals surface area contributed by atoms with Crippen molar-refractivity contribution in [1.82, 2.24) is 0 Å². The highest BCUT2D eigenvalue weighted by Gasteiger charge is 2.25. The van der Waals surface area contributed by atoms with Gasteiger partial charge in [0.2, 0.25) is 0 Å². The van der Waals surface area contributed by atoms with E-state index in [1.54, 1.807) is 24.3 Å². The molecule has 0 bridgehead atoms. The molecule has 4 aromatic carbocycles. The molecule has 0 saturated carbocycles. The largest absolute Gasteiger partial charge is 0.206 e. The summed E-state index contributed by atoms with van der Waals surface area (Å²) in [5, 5.41) is 0. The Balaban J connectivity index is 1.86. The number of hydrogen-bond acceptors (Lipinski definition) is 0. The molecule has 0 N–H and O–H groups in total. The summed E-state index contributed by atoms with van der Waals surface area (Å²) in [4.78, 5) is 0. The van der Waals surface area contributed by atoms with E-state index in [-0.39, 0.29) is 11.6 Å². The molecular formula is C25H16F2. The van der Waals surface area contributed by atoms with Crippen LogP contribution in [-0.2, 0) is 6.42 Å². The van der Waals surface area contributed by atoms with E-state index in [4.69, 9.17) is 0 Å². The van der Waals surface area contributed by atoms with Crippen molar-refractivity contribution in [2.24, 2.45) is 0 Å². The van der Waals surface area contributed by atoms with Crippen molar-refractivity contribution in [3.63, 3.8) is 0 Å². The molecule has 0 aromatic heterocycles. The van der Waals surface area contributed by atoms with Crippen LogP contribution in [0.4, 0.5) is 8.78 Å². The SMILES string of the molecule is Fc1ccccc1-c1ccc2c(c1-c1ccccc1F)Cc1ccccc1-2. The maximum Gasteiger partial charge on any atom is 0.131 e. The first kappa shape index (κ1) is 16.0. The van der Waals surface area contributed by atoms with E-state index in [1.165, 1.54) is 23.3 Å². The van der Waals surface area contributed by atoms with Crippen LogP contribution in [0.2, 0.25) is 0 Å². The van der Waals surface area contributed by atoms with Gasteiger partial charge in [-0.25, -0.2) is 8.78 Å². The van der Waals surface area contributed by atoms with Crippen LogP contribution in [0, 0.1) is 11.6 Å². The summed E-state index contributed by atoms with van der Waals surface area (Å²) < 4.78 is 29.4. The number of fused-ring (bicyclic) bond motifs is 3. The first-order valence-electron chi connectivity index (χ1n) is 8.98. The Kier molecular flexibility index (Phi) is 3.64. The molecule has 0 unspecified atom stereocenters. The topological polar surface area (TPSA) is 0 Å². The Hall–Kier alpha value is -3.26. The quantitative estimate of drug-likeness (QED) is 0.324. The van der Waals surface area contributed by atoms with Crippen molar-refractivity contribution >= 4 is 0 Å². The Morgan fingerprint density at radius 3 is 1.74 bits per heavy atom. The zero-order valence-electron chi connectivity index (χ0n) is 14.5. The molecular weight excluding hydrogens is 338 g/mol. The van der Waals surface area contributed by atoms with Crippen LogP contribution >= 0.6 is 0 Å². The summed E-state index contributed by atoms with van der Waals surface area (Å²) in [5.41, 5.74) is 7.07. The van der Waals surface area contributed by atoms with Crippen molar-refractivity contribution in [3.05, 3.63) is 108 Å². The van der Waals surface area contributed by atoms with Gasteiger partial charge in [-0.1, -0.05) is 72.8 Å². The maximum absolute atomic E-state index is 14.8. The van der Waals surface area contributed by atoms with E-state index in [2.05, 4.69) is 12.1 Å². The lowest BCUT2D eigenvalue weighted by Crippen LogP contribution is -1.96. The van der Waals surface area contributed by atoms with Crippen LogP contribution in [0.5, 0.6) is 0 Å². The van der Waals surface area contributed by atoms with E-state index in [9.17, 15) is 8.78 Å². The lowest BCUT2D eigenvalue weighted by atomic mass is 9.87. The monoisotopic (exact) mass is 354 g/mol. The molecule has 0 saturated heterocycles. The van der Waals surface area contributed by atoms with E-state index >= 15 is 0 Å². The molecule has 0 aliphatic heterocycles. The highest BCUT2D eigenvalue weighted by molar-refractivity contribution is 5.93. The van der Waals surface area contributed by atoms with Crippen LogP contribution in [0.3, 0.4) is 0 Å². The molecule has 1 aliphatic rings. The summed E-state index contributed by atoms with van der Waals surface area (Å²) in [7, 11) is 0. The second kappa shape index (κ2) is 6.17. The summed E-state index contributed by atoms with van der Waals surface area (Å²) in [6.07, 6.45) is 0.720. The number of hydrogen-bond donors (Lipinski definition) is 0. The molecule has 0 atom stereocenters. The van der Waals surface area contributed by atoms with Gasteiger partial charge in [-0.2, -0.15) is 0 Å². The lowest BCUT2D eigenvalue weighted by molar-refractivity contribution is 0.629. The minimum absolute atomic E-state index is 0.292. The predicted octanol–water partition coefficient (Wildman–Crippen LogP) is 6.87. The molecule has 0 fully saturated rings. The Bertz CT molecular complexity index is 1170. The second-order valence-electron chi connectivity index (χ2n) is 6.81. The smallest absolute Gasteiger partial charge is 0.131 e. The fourth-order valence-electron chi connectivity index (χ4n) is 4.09. The van der Waals surface area contributed by atoms with Crippen molar-refractivity contribution in [2.45, 2.75) is 6.42 Å². The Labute approximate surface area is 156 Å². The van der Waals surface area contributed by atoms with Gasteiger partial charge in [0.15, 0.2) is 0 Å². The van der Waals surface area contributed by atoms with Crippen molar-refractivity contribution < 1.29 is 8.78 Å². The standard InChI is InChI=1S/C25H16F2/c26-23-11-5-3-9-19(23)20-14-13-18-17-8-2-1-7-16(17)15-22(18)25(20)21-10-4-6-12-24(21)27/h1-14H,15H2. The van der Waals surface area contributed by atoms with Crippen LogP contribution < -0.4 is 0 Å². The zero-order valence-corrected chi connectivity index (χ0v) is 14.5. The van der Waals surface area contributed by atoms with Crippen LogP contribution in [0.1, 0.15) is 11.1 Å². The molecule has 0 radical (unpaired) electrons. The third-order valence-corrected chi connectivity index (χ3v) is 5.29. The van der Waals surface area contributed by atoms with Crippen molar-refractivity contribution in [3.8, 4) is 33.4 Å². The highest BCUT2D eigenvalue weighted by Crippen LogP contribution is 2.46. The van der Waals surface area contributed by atoms with Gasteiger partial charge < -0.3 is 0 Å². The second-order valence-corrected chi connectivity index (χ2v) is 6.81. The molecule has 4 aromatic rings. The van der Waals surface area contributed by atoms with Crippen LogP contribution in [-0.4, -0.2) is 0 Å². The molecule has 0 amide bonds. The molecule has 130 valence electrons. The van der Waals surface area contributed by atoms with Gasteiger partial charge in [-0.15, -0.1) is 0 Å². The van der Waals surface area contributed by atoms with Crippen molar-refractivity contribution in [2.75, 3.05) is 0 Å². The summed E-state index contributed by atoms with van der Waals surface area (Å²) in [6.45, 7) is 0. The van der Waals surface area contributed by atoms with E-state index in [1.807, 2.05) is 36.4 Å². The fraction of sp³-hybridized carbons (Fsp3) is 0.0400. The third-order valence-electron chi connectivity index (χ3n) is 5.29. The fourth-order valence-corrected chi connectivity index (χ4v) is 4.09. The maximum atomic E-state index is 14.8. The number of benzene rings is 4. The van der Waals surface area contributed by atoms with E-state index in [0.29, 0.717) is 11.1 Å². The molecule has 0 nitrogen and oxygen atoms in total. The zero-order chi connectivity index (χ0) is 18.4. The van der Waals surface area contributed by atoms with Crippen LogP contribution in [0.15, 0.2) is 84.9 Å². The minimum Gasteiger partial charge on any atom is -0.206 e. The van der Waals surface area contributed by atoms with Gasteiger partial charge in [0, 0.05) is 11.1 Å². The molecule has 1 aliphatic carbocycles. The summed E-state index contributed by atoms with van der Waals surface area (Å²) in [6, 6.07) is 25.6. The molecule has 0 heterocycles. The summed E-state index contributed by atoms with van der Waals surface area (Å²) >= 11 is 0. The van der Waals surface area contributed by atoms with E-state index < -0.39 is 0 Å². The third kappa shape index (κ3) is 2.48. The highest BCUT2D eigenvalue weighted by atomic mass is 19.1. The lowest BCUT2D eigenvalue weighted by Gasteiger charge is -2.17. The molecule has 27 heavy (non-hydrogen) atoms. The molecule has 2 heteroatoms. The van der Waals surface area contributed by atoms with Gasteiger partial charge in [-0.3, -0.25) is 0 Å². The number of rotatable bonds is 2. The molecule has 5 rings (SSSR count). The van der Waals surface area contributed by atoms with E-state index in [0.717, 1.165) is 28.7 Å². The minimum atomic E-state index is -0.300. The Morgan fingerprint density at radius 2 is 1.04 bits per heavy atom. The van der Waals surface area contributed by atoms with Gasteiger partial charge in [0.1, 0.15) is 11.6 Å². The van der Waals surface area contributed by atoms with Gasteiger partial charge >= 0.3 is 0 Å². The van der Waals surface area contributed by atoms with Gasteiger partial charge in [0.25, 0.3) is 0 Å². The first-order chi connectivity index (χ1) is 13.2. The van der Waals surface area contributed by atoms with Gasteiger partial charge in [0.05, 0.1) is 0 Å². The number of halogens is 2. The molecule has 0 spiro atoms. The first-order valence-corrected chi connectivity index (χ1v) is 8.98. The summed E-state index contributed by atoms with van der Waals surface area (Å²) in [5.74, 6) is -0.593. The normalized spacial score (nSPS) is 11.9. The van der Waals surface area contributed by atoms with Crippen molar-refractivity contribution in [1.29, 1.82) is 0 Å². The van der Waals surface area contributed by atoms with Gasteiger partial charge in [-0.05, 0) is 51.9 Å². The van der Waals surface area contributed by atoms with Crippen LogP contribution in [0.25, 0.3) is 33.4 Å². The predicted molar refractivity (Wildman–Crippen MR) is 105 cm³/mol.